The minimum atomic E-state index is 0.110. The van der Waals surface area contributed by atoms with Crippen molar-refractivity contribution >= 4 is 0 Å². The molecule has 0 radical (unpaired) electrons. The van der Waals surface area contributed by atoms with Crippen molar-refractivity contribution in [3.05, 3.63) is 23.7 Å². The van der Waals surface area contributed by atoms with Gasteiger partial charge in [-0.25, -0.2) is 0 Å². The highest BCUT2D eigenvalue weighted by molar-refractivity contribution is 5.11. The molecule has 4 N–H and O–H groups in total. The second kappa shape index (κ2) is 8.86. The van der Waals surface area contributed by atoms with Gasteiger partial charge in [0.25, 0.3) is 0 Å². The molecule has 0 aromatic carbocycles. The molecule has 0 aliphatic carbocycles. The topological polar surface area (TPSA) is 58.5 Å². The number of rotatable bonds is 3. The fourth-order valence-electron chi connectivity index (χ4n) is 0.902. The van der Waals surface area contributed by atoms with Gasteiger partial charge in [-0.15, -0.1) is 0 Å². The van der Waals surface area contributed by atoms with Gasteiger partial charge in [0.2, 0.25) is 0 Å². The second-order valence-corrected chi connectivity index (χ2v) is 5.94. The maximum atomic E-state index is 5.38. The van der Waals surface area contributed by atoms with E-state index in [2.05, 4.69) is 52.0 Å². The molecule has 0 fully saturated rings. The average Bonchev–Trinajstić information content (AvgIpc) is 2.14. The summed E-state index contributed by atoms with van der Waals surface area (Å²) in [6.45, 7) is 9.22. The molecule has 108 valence electrons. The number of nitrogens with two attached hydrogens (primary N) is 2. The maximum Gasteiger partial charge on any atom is 0.0927 e. The summed E-state index contributed by atoms with van der Waals surface area (Å²) in [5.41, 5.74) is 11.9. The van der Waals surface area contributed by atoms with Gasteiger partial charge in [-0.1, -0.05) is 26.8 Å². The molecule has 0 atom stereocenters. The molecule has 0 aromatic heterocycles. The SMILES string of the molecule is CC(=C(N)N)C(C)(C)C.CN(C)C=CCN(C)C. The van der Waals surface area contributed by atoms with Crippen LogP contribution in [0.5, 0.6) is 0 Å². The zero-order valence-corrected chi connectivity index (χ0v) is 13.4. The summed E-state index contributed by atoms with van der Waals surface area (Å²) in [5.74, 6) is 0.447. The lowest BCUT2D eigenvalue weighted by molar-refractivity contribution is 0.451. The highest BCUT2D eigenvalue weighted by atomic mass is 15.1. The molecular weight excluding hydrogens is 224 g/mol. The number of likely N-dealkylation sites (N-methyl/N-ethyl adjacent to an activating group) is 1. The molecule has 0 unspecified atom stereocenters. The van der Waals surface area contributed by atoms with Gasteiger partial charge >= 0.3 is 0 Å². The number of nitrogens with zero attached hydrogens (tertiary/aromatic N) is 2. The standard InChI is InChI=1S/2C7H16N2/c1-8(2)6-5-7-9(3)4;1-5(6(8)9)7(2,3)4/h5-6H,7H2,1-4H3;8-9H2,1-4H3. The van der Waals surface area contributed by atoms with Crippen LogP contribution in [0.4, 0.5) is 0 Å². The van der Waals surface area contributed by atoms with Crippen molar-refractivity contribution in [2.75, 3.05) is 34.7 Å². The molecule has 0 saturated heterocycles. The lowest BCUT2D eigenvalue weighted by Gasteiger charge is -2.19. The highest BCUT2D eigenvalue weighted by Crippen LogP contribution is 2.24. The van der Waals surface area contributed by atoms with E-state index < -0.39 is 0 Å². The normalized spacial score (nSPS) is 11.2. The fraction of sp³-hybridized carbons (Fsp3) is 0.714. The molecule has 4 heteroatoms. The van der Waals surface area contributed by atoms with Crippen molar-refractivity contribution < 1.29 is 0 Å². The Balaban J connectivity index is 0. The highest BCUT2D eigenvalue weighted by Gasteiger charge is 2.13. The van der Waals surface area contributed by atoms with E-state index in [0.717, 1.165) is 12.1 Å². The van der Waals surface area contributed by atoms with E-state index in [9.17, 15) is 0 Å². The molecule has 0 bridgehead atoms. The molecule has 0 saturated carbocycles. The van der Waals surface area contributed by atoms with Crippen LogP contribution >= 0.6 is 0 Å². The Labute approximate surface area is 113 Å². The van der Waals surface area contributed by atoms with Gasteiger partial charge in [0.1, 0.15) is 0 Å². The lowest BCUT2D eigenvalue weighted by Crippen LogP contribution is -2.18. The molecule has 0 heterocycles. The Bertz CT molecular complexity index is 266. The van der Waals surface area contributed by atoms with Gasteiger partial charge in [-0.2, -0.15) is 0 Å². The van der Waals surface area contributed by atoms with Gasteiger partial charge in [-0.3, -0.25) is 0 Å². The molecule has 0 aliphatic rings. The first kappa shape index (κ1) is 19.2. The van der Waals surface area contributed by atoms with Crippen molar-refractivity contribution in [2.24, 2.45) is 16.9 Å². The van der Waals surface area contributed by atoms with Crippen molar-refractivity contribution in [3.8, 4) is 0 Å². The quantitative estimate of drug-likeness (QED) is 0.808. The van der Waals surface area contributed by atoms with E-state index in [1.54, 1.807) is 0 Å². The smallest absolute Gasteiger partial charge is 0.0927 e. The third kappa shape index (κ3) is 12.9. The van der Waals surface area contributed by atoms with Crippen LogP contribution in [0.1, 0.15) is 27.7 Å². The Kier molecular flexibility index (Phi) is 9.45. The summed E-state index contributed by atoms with van der Waals surface area (Å²) in [5, 5.41) is 0. The predicted octanol–water partition coefficient (Wildman–Crippen LogP) is 1.80. The zero-order chi connectivity index (χ0) is 14.9. The van der Waals surface area contributed by atoms with Gasteiger partial charge in [0, 0.05) is 20.6 Å². The Morgan fingerprint density at radius 1 is 1.06 bits per heavy atom. The summed E-state index contributed by atoms with van der Waals surface area (Å²) in [4.78, 5) is 4.16. The van der Waals surface area contributed by atoms with E-state index in [4.69, 9.17) is 11.5 Å². The largest absolute Gasteiger partial charge is 0.386 e. The Morgan fingerprint density at radius 2 is 1.50 bits per heavy atom. The Morgan fingerprint density at radius 3 is 1.67 bits per heavy atom. The van der Waals surface area contributed by atoms with Crippen molar-refractivity contribution in [3.63, 3.8) is 0 Å². The van der Waals surface area contributed by atoms with Gasteiger partial charge in [0.05, 0.1) is 5.82 Å². The molecule has 4 nitrogen and oxygen atoms in total. The summed E-state index contributed by atoms with van der Waals surface area (Å²) in [6.07, 6.45) is 4.18. The third-order valence-corrected chi connectivity index (χ3v) is 2.43. The van der Waals surface area contributed by atoms with E-state index in [1.807, 2.05) is 25.9 Å². The molecule has 0 rings (SSSR count). The van der Waals surface area contributed by atoms with Gasteiger partial charge in [-0.05, 0) is 38.2 Å². The monoisotopic (exact) mass is 256 g/mol. The fourth-order valence-corrected chi connectivity index (χ4v) is 0.902. The second-order valence-electron chi connectivity index (χ2n) is 5.94. The minimum Gasteiger partial charge on any atom is -0.386 e. The van der Waals surface area contributed by atoms with Crippen LogP contribution in [0.2, 0.25) is 0 Å². The van der Waals surface area contributed by atoms with Gasteiger partial charge in [0.15, 0.2) is 0 Å². The van der Waals surface area contributed by atoms with Crippen LogP contribution in [-0.2, 0) is 0 Å². The van der Waals surface area contributed by atoms with E-state index in [1.165, 1.54) is 0 Å². The zero-order valence-electron chi connectivity index (χ0n) is 13.4. The van der Waals surface area contributed by atoms with Crippen molar-refractivity contribution in [1.29, 1.82) is 0 Å². The first-order valence-corrected chi connectivity index (χ1v) is 6.18. The van der Waals surface area contributed by atoms with Crippen LogP contribution in [0.15, 0.2) is 23.7 Å². The van der Waals surface area contributed by atoms with E-state index >= 15 is 0 Å². The van der Waals surface area contributed by atoms with Crippen molar-refractivity contribution in [1.82, 2.24) is 9.80 Å². The molecule has 0 spiro atoms. The van der Waals surface area contributed by atoms with Crippen molar-refractivity contribution in [2.45, 2.75) is 27.7 Å². The summed E-state index contributed by atoms with van der Waals surface area (Å²) < 4.78 is 0. The van der Waals surface area contributed by atoms with Crippen LogP contribution in [-0.4, -0.2) is 44.5 Å². The molecule has 0 aliphatic heterocycles. The van der Waals surface area contributed by atoms with Crippen LogP contribution in [0, 0.1) is 5.41 Å². The van der Waals surface area contributed by atoms with E-state index in [-0.39, 0.29) is 5.41 Å². The first-order chi connectivity index (χ1) is 7.98. The van der Waals surface area contributed by atoms with Crippen LogP contribution in [0.25, 0.3) is 0 Å². The molecular formula is C14H32N4. The predicted molar refractivity (Wildman–Crippen MR) is 81.9 cm³/mol. The summed E-state index contributed by atoms with van der Waals surface area (Å²) >= 11 is 0. The number of hydrogen-bond donors (Lipinski definition) is 2. The Hall–Kier alpha value is -1.16. The average molecular weight is 256 g/mol. The minimum absolute atomic E-state index is 0.110. The molecule has 0 aromatic rings. The first-order valence-electron chi connectivity index (χ1n) is 6.18. The maximum absolute atomic E-state index is 5.38. The van der Waals surface area contributed by atoms with Crippen LogP contribution in [0.3, 0.4) is 0 Å². The van der Waals surface area contributed by atoms with E-state index in [0.29, 0.717) is 5.82 Å². The third-order valence-electron chi connectivity index (χ3n) is 2.43. The number of hydrogen-bond acceptors (Lipinski definition) is 4. The molecule has 18 heavy (non-hydrogen) atoms. The summed E-state index contributed by atoms with van der Waals surface area (Å²) in [7, 11) is 8.15. The summed E-state index contributed by atoms with van der Waals surface area (Å²) in [6, 6.07) is 0. The van der Waals surface area contributed by atoms with Crippen LogP contribution < -0.4 is 11.5 Å². The number of allylic oxidation sites excluding steroid dienone is 1. The lowest BCUT2D eigenvalue weighted by atomic mass is 9.88. The molecule has 0 amide bonds. The van der Waals surface area contributed by atoms with Gasteiger partial charge < -0.3 is 21.3 Å².